The van der Waals surface area contributed by atoms with Crippen LogP contribution in [0.2, 0.25) is 0 Å². The molecule has 2 aromatic carbocycles. The third kappa shape index (κ3) is 4.11. The summed E-state index contributed by atoms with van der Waals surface area (Å²) in [7, 11) is 1.63. The van der Waals surface area contributed by atoms with Gasteiger partial charge in [-0.3, -0.25) is 9.78 Å². The summed E-state index contributed by atoms with van der Waals surface area (Å²) in [5.41, 5.74) is 4.96. The van der Waals surface area contributed by atoms with Crippen LogP contribution in [-0.2, 0) is 18.3 Å². The van der Waals surface area contributed by atoms with Crippen molar-refractivity contribution in [3.63, 3.8) is 0 Å². The van der Waals surface area contributed by atoms with E-state index < -0.39 is 12.7 Å². The molecule has 37 heavy (non-hydrogen) atoms. The van der Waals surface area contributed by atoms with Crippen LogP contribution < -0.4 is 0 Å². The van der Waals surface area contributed by atoms with Gasteiger partial charge in [0.2, 0.25) is 0 Å². The molecule has 3 aromatic heterocycles. The first kappa shape index (κ1) is 20.2. The molecule has 7 nitrogen and oxygen atoms in total. The fourth-order valence-corrected chi connectivity index (χ4v) is 5.38. The summed E-state index contributed by atoms with van der Waals surface area (Å²) < 4.78 is 47.7. The van der Waals surface area contributed by atoms with Crippen LogP contribution in [0.4, 0.5) is 4.39 Å². The SMILES string of the molecule is [2H]C([2H])([2H])c1nnn(C)c1-c1cnc2c3cc(F)c(C(C)=O)cc3n(Cc3cccc(C4CCOCC4)c3)c2c1. The quantitative estimate of drug-likeness (QED) is 0.295. The van der Waals surface area contributed by atoms with Crippen molar-refractivity contribution in [1.29, 1.82) is 0 Å². The minimum absolute atomic E-state index is 0.00765. The zero-order chi connectivity index (χ0) is 28.2. The van der Waals surface area contributed by atoms with Crippen LogP contribution in [0, 0.1) is 12.7 Å². The summed E-state index contributed by atoms with van der Waals surface area (Å²) in [5, 5.41) is 8.41. The fourth-order valence-electron chi connectivity index (χ4n) is 5.38. The van der Waals surface area contributed by atoms with Crippen LogP contribution in [-0.4, -0.2) is 43.5 Å². The van der Waals surface area contributed by atoms with Crippen LogP contribution in [0.25, 0.3) is 33.2 Å². The van der Waals surface area contributed by atoms with Crippen molar-refractivity contribution in [3.05, 3.63) is 76.9 Å². The maximum Gasteiger partial charge on any atom is 0.162 e. The van der Waals surface area contributed by atoms with E-state index in [2.05, 4.69) is 27.4 Å². The lowest BCUT2D eigenvalue weighted by molar-refractivity contribution is 0.0853. The summed E-state index contributed by atoms with van der Waals surface area (Å²) >= 11 is 0. The van der Waals surface area contributed by atoms with Crippen molar-refractivity contribution in [3.8, 4) is 11.3 Å². The van der Waals surface area contributed by atoms with Gasteiger partial charge in [-0.05, 0) is 61.9 Å². The number of aryl methyl sites for hydroxylation is 2. The standard InChI is InChI=1S/C29H28FN5O2/c1-17-29(34(3)33-32-17)22-12-27-28(31-15-22)24-13-25(30)23(18(2)36)14-26(24)35(27)16-19-5-4-6-21(11-19)20-7-9-37-10-8-20/h4-6,11-15,20H,7-10,16H2,1-3H3/i1D3. The molecule has 0 amide bonds. The molecule has 0 unspecified atom stereocenters. The van der Waals surface area contributed by atoms with Crippen LogP contribution in [0.1, 0.15) is 57.0 Å². The number of ketones is 1. The lowest BCUT2D eigenvalue weighted by atomic mass is 9.91. The van der Waals surface area contributed by atoms with Gasteiger partial charge in [0.05, 0.1) is 33.5 Å². The second kappa shape index (κ2) is 9.19. The number of rotatable bonds is 5. The molecule has 6 rings (SSSR count). The summed E-state index contributed by atoms with van der Waals surface area (Å²) in [5.74, 6) is -0.546. The maximum absolute atomic E-state index is 15.0. The molecule has 1 saturated heterocycles. The van der Waals surface area contributed by atoms with E-state index in [1.54, 1.807) is 19.3 Å². The number of fused-ring (bicyclic) bond motifs is 3. The summed E-state index contributed by atoms with van der Waals surface area (Å²) in [4.78, 5) is 16.9. The minimum Gasteiger partial charge on any atom is -0.381 e. The Morgan fingerprint density at radius 2 is 2.03 bits per heavy atom. The molecule has 188 valence electrons. The Hall–Kier alpha value is -3.91. The van der Waals surface area contributed by atoms with E-state index in [1.165, 1.54) is 23.2 Å². The van der Waals surface area contributed by atoms with Gasteiger partial charge in [0, 0.05) is 48.1 Å². The maximum atomic E-state index is 15.0. The Morgan fingerprint density at radius 3 is 2.81 bits per heavy atom. The summed E-state index contributed by atoms with van der Waals surface area (Å²) in [6.07, 6.45) is 3.50. The number of carbonyl (C=O) groups is 1. The Morgan fingerprint density at radius 1 is 1.19 bits per heavy atom. The van der Waals surface area contributed by atoms with Gasteiger partial charge in [-0.2, -0.15) is 0 Å². The van der Waals surface area contributed by atoms with Gasteiger partial charge in [-0.15, -0.1) is 5.10 Å². The number of nitrogens with zero attached hydrogens (tertiary/aromatic N) is 5. The Bertz CT molecular complexity index is 1770. The highest BCUT2D eigenvalue weighted by atomic mass is 19.1. The Balaban J connectivity index is 1.55. The lowest BCUT2D eigenvalue weighted by Crippen LogP contribution is -2.14. The van der Waals surface area contributed by atoms with E-state index in [4.69, 9.17) is 8.85 Å². The second-order valence-electron chi connectivity index (χ2n) is 9.63. The highest BCUT2D eigenvalue weighted by Crippen LogP contribution is 2.34. The molecule has 0 spiro atoms. The zero-order valence-electron chi connectivity index (χ0n) is 23.7. The van der Waals surface area contributed by atoms with E-state index in [0.717, 1.165) is 31.6 Å². The average Bonchev–Trinajstić information content (AvgIpc) is 3.46. The van der Waals surface area contributed by atoms with Crippen molar-refractivity contribution in [2.24, 2.45) is 7.05 Å². The van der Waals surface area contributed by atoms with Gasteiger partial charge in [0.1, 0.15) is 5.82 Å². The van der Waals surface area contributed by atoms with E-state index >= 15 is 0 Å². The monoisotopic (exact) mass is 500 g/mol. The number of hydrogen-bond acceptors (Lipinski definition) is 5. The largest absolute Gasteiger partial charge is 0.381 e. The molecule has 0 saturated carbocycles. The predicted molar refractivity (Wildman–Crippen MR) is 140 cm³/mol. The molecule has 0 aliphatic carbocycles. The van der Waals surface area contributed by atoms with Gasteiger partial charge in [-0.1, -0.05) is 29.5 Å². The highest BCUT2D eigenvalue weighted by Gasteiger charge is 2.20. The van der Waals surface area contributed by atoms with E-state index in [9.17, 15) is 9.18 Å². The summed E-state index contributed by atoms with van der Waals surface area (Å²) in [6.45, 7) is 0.820. The number of pyridine rings is 1. The molecule has 0 radical (unpaired) electrons. The summed E-state index contributed by atoms with van der Waals surface area (Å²) in [6, 6.07) is 13.2. The Labute approximate surface area is 218 Å². The molecular weight excluding hydrogens is 469 g/mol. The minimum atomic E-state index is -2.46. The van der Waals surface area contributed by atoms with Crippen LogP contribution in [0.3, 0.4) is 0 Å². The molecule has 4 heterocycles. The molecule has 1 aliphatic heterocycles. The van der Waals surface area contributed by atoms with Gasteiger partial charge < -0.3 is 9.30 Å². The molecule has 1 aliphatic rings. The van der Waals surface area contributed by atoms with Crippen molar-refractivity contribution in [2.75, 3.05) is 13.2 Å². The lowest BCUT2D eigenvalue weighted by Gasteiger charge is -2.23. The van der Waals surface area contributed by atoms with Crippen molar-refractivity contribution < 1.29 is 18.0 Å². The molecular formula is C29H28FN5O2. The predicted octanol–water partition coefficient (Wildman–Crippen LogP) is 5.58. The molecule has 0 bridgehead atoms. The zero-order valence-corrected chi connectivity index (χ0v) is 20.7. The van der Waals surface area contributed by atoms with E-state index in [0.29, 0.717) is 45.7 Å². The van der Waals surface area contributed by atoms with Crippen LogP contribution in [0.15, 0.2) is 48.7 Å². The fraction of sp³-hybridized carbons (Fsp3) is 0.310. The van der Waals surface area contributed by atoms with Gasteiger partial charge in [-0.25, -0.2) is 9.07 Å². The topological polar surface area (TPSA) is 74.8 Å². The highest BCUT2D eigenvalue weighted by molar-refractivity contribution is 6.09. The molecule has 1 fully saturated rings. The van der Waals surface area contributed by atoms with E-state index in [1.807, 2.05) is 22.8 Å². The molecule has 0 atom stereocenters. The van der Waals surface area contributed by atoms with Crippen molar-refractivity contribution >= 4 is 27.7 Å². The number of hydrogen-bond donors (Lipinski definition) is 0. The van der Waals surface area contributed by atoms with E-state index in [-0.39, 0.29) is 17.0 Å². The average molecular weight is 501 g/mol. The number of ether oxygens (including phenoxy) is 1. The number of Topliss-reactive ketones (excluding diaryl/α,β-unsaturated/α-hetero) is 1. The normalized spacial score (nSPS) is 16.1. The third-order valence-corrected chi connectivity index (χ3v) is 7.25. The van der Waals surface area contributed by atoms with Crippen LogP contribution in [0.5, 0.6) is 0 Å². The first-order valence-corrected chi connectivity index (χ1v) is 12.3. The number of carbonyl (C=O) groups excluding carboxylic acids is 1. The number of halogens is 1. The number of benzene rings is 2. The molecule has 5 aromatic rings. The molecule has 0 N–H and O–H groups in total. The van der Waals surface area contributed by atoms with Crippen LogP contribution >= 0.6 is 0 Å². The van der Waals surface area contributed by atoms with Gasteiger partial charge in [0.15, 0.2) is 5.78 Å². The Kier molecular flexibility index (Phi) is 5.01. The van der Waals surface area contributed by atoms with Gasteiger partial charge >= 0.3 is 0 Å². The second-order valence-corrected chi connectivity index (χ2v) is 9.63. The third-order valence-electron chi connectivity index (χ3n) is 7.25. The first-order valence-electron chi connectivity index (χ1n) is 13.8. The number of aromatic nitrogens is 5. The molecule has 8 heteroatoms. The van der Waals surface area contributed by atoms with Crippen molar-refractivity contribution in [1.82, 2.24) is 24.5 Å². The first-order chi connectivity index (χ1) is 19.1. The van der Waals surface area contributed by atoms with Gasteiger partial charge in [0.25, 0.3) is 0 Å². The smallest absolute Gasteiger partial charge is 0.162 e. The van der Waals surface area contributed by atoms with Crippen molar-refractivity contribution in [2.45, 2.75) is 39.1 Å².